The smallest absolute Gasteiger partial charge is 0.210 e. The summed E-state index contributed by atoms with van der Waals surface area (Å²) in [4.78, 5) is 11.6. The van der Waals surface area contributed by atoms with Gasteiger partial charge in [-0.25, -0.2) is 0 Å². The monoisotopic (exact) mass is 249 g/mol. The number of benzene rings is 1. The predicted molar refractivity (Wildman–Crippen MR) is 54.9 cm³/mol. The van der Waals surface area contributed by atoms with Gasteiger partial charge in [-0.15, -0.1) is 0 Å². The number of hydrogen-bond donors (Lipinski definition) is 0. The van der Waals surface area contributed by atoms with Crippen LogP contribution in [0, 0.1) is 11.3 Å². The Balaban J connectivity index is 2.93. The van der Waals surface area contributed by atoms with Gasteiger partial charge in [-0.05, 0) is 18.2 Å². The molecule has 2 rings (SSSR count). The molecule has 68 valence electrons. The third kappa shape index (κ3) is 1.32. The summed E-state index contributed by atoms with van der Waals surface area (Å²) in [6.45, 7) is 0. The number of fused-ring (bicyclic) bond motifs is 1. The quantitative estimate of drug-likeness (QED) is 0.721. The van der Waals surface area contributed by atoms with E-state index in [0.717, 1.165) is 4.47 Å². The Hall–Kier alpha value is -1.60. The minimum Gasteiger partial charge on any atom is -0.463 e. The van der Waals surface area contributed by atoms with Gasteiger partial charge >= 0.3 is 0 Å². The van der Waals surface area contributed by atoms with Crippen molar-refractivity contribution in [3.63, 3.8) is 0 Å². The molecule has 0 aliphatic heterocycles. The number of rotatable bonds is 0. The third-order valence-corrected chi connectivity index (χ3v) is 2.35. The SMILES string of the molecule is N#Cc1coc2cc(Br)ccc2c1=O. The zero-order valence-corrected chi connectivity index (χ0v) is 8.54. The van der Waals surface area contributed by atoms with E-state index in [9.17, 15) is 4.79 Å². The number of halogens is 1. The minimum atomic E-state index is -0.291. The molecule has 2 aromatic rings. The Kier molecular flexibility index (Phi) is 2.10. The Morgan fingerprint density at radius 1 is 1.43 bits per heavy atom. The highest BCUT2D eigenvalue weighted by atomic mass is 79.9. The number of hydrogen-bond acceptors (Lipinski definition) is 3. The molecule has 0 aliphatic carbocycles. The Labute approximate surface area is 87.7 Å². The van der Waals surface area contributed by atoms with E-state index in [0.29, 0.717) is 11.0 Å². The maximum absolute atomic E-state index is 11.6. The van der Waals surface area contributed by atoms with Crippen LogP contribution in [0.3, 0.4) is 0 Å². The van der Waals surface area contributed by atoms with E-state index in [1.807, 2.05) is 0 Å². The second kappa shape index (κ2) is 3.28. The van der Waals surface area contributed by atoms with Gasteiger partial charge in [0.05, 0.1) is 5.39 Å². The molecule has 1 aromatic heterocycles. The van der Waals surface area contributed by atoms with Crippen LogP contribution in [0.5, 0.6) is 0 Å². The summed E-state index contributed by atoms with van der Waals surface area (Å²) >= 11 is 3.27. The van der Waals surface area contributed by atoms with Crippen LogP contribution in [-0.2, 0) is 0 Å². The van der Waals surface area contributed by atoms with Crippen molar-refractivity contribution in [3.8, 4) is 6.07 Å². The fourth-order valence-electron chi connectivity index (χ4n) is 1.18. The molecule has 0 radical (unpaired) electrons. The number of nitrogens with zero attached hydrogens (tertiary/aromatic N) is 1. The first-order valence-corrected chi connectivity index (χ1v) is 4.63. The molecule has 0 fully saturated rings. The lowest BCUT2D eigenvalue weighted by Crippen LogP contribution is -2.04. The van der Waals surface area contributed by atoms with Gasteiger partial charge in [0.1, 0.15) is 23.5 Å². The molecule has 0 spiro atoms. The fraction of sp³-hybridized carbons (Fsp3) is 0. The van der Waals surface area contributed by atoms with Crippen molar-refractivity contribution in [2.24, 2.45) is 0 Å². The molecule has 0 atom stereocenters. The molecule has 0 unspecified atom stereocenters. The average molecular weight is 250 g/mol. The first-order chi connectivity index (χ1) is 6.72. The van der Waals surface area contributed by atoms with E-state index >= 15 is 0 Å². The first kappa shape index (κ1) is 8.97. The lowest BCUT2D eigenvalue weighted by Gasteiger charge is -1.96. The molecule has 4 heteroatoms. The summed E-state index contributed by atoms with van der Waals surface area (Å²) in [5.41, 5.74) is 0.212. The molecule has 0 bridgehead atoms. The normalized spacial score (nSPS) is 10.0. The van der Waals surface area contributed by atoms with Gasteiger partial charge in [0, 0.05) is 4.47 Å². The van der Waals surface area contributed by atoms with Crippen LogP contribution in [-0.4, -0.2) is 0 Å². The largest absolute Gasteiger partial charge is 0.463 e. The summed E-state index contributed by atoms with van der Waals surface area (Å²) in [6.07, 6.45) is 1.18. The maximum atomic E-state index is 11.6. The Morgan fingerprint density at radius 2 is 2.21 bits per heavy atom. The van der Waals surface area contributed by atoms with E-state index in [4.69, 9.17) is 9.68 Å². The summed E-state index contributed by atoms with van der Waals surface area (Å²) < 4.78 is 5.97. The van der Waals surface area contributed by atoms with E-state index in [1.165, 1.54) is 6.26 Å². The second-order valence-corrected chi connectivity index (χ2v) is 3.65. The maximum Gasteiger partial charge on any atom is 0.210 e. The Morgan fingerprint density at radius 3 is 2.93 bits per heavy atom. The van der Waals surface area contributed by atoms with Crippen molar-refractivity contribution in [2.75, 3.05) is 0 Å². The zero-order valence-electron chi connectivity index (χ0n) is 6.95. The standard InChI is InChI=1S/C10H4BrNO2/c11-7-1-2-8-9(3-7)14-5-6(4-12)10(8)13/h1-3,5H. The molecule has 0 saturated carbocycles. The molecule has 0 amide bonds. The van der Waals surface area contributed by atoms with Crippen molar-refractivity contribution in [3.05, 3.63) is 44.7 Å². The van der Waals surface area contributed by atoms with Gasteiger partial charge in [0.15, 0.2) is 0 Å². The van der Waals surface area contributed by atoms with Gasteiger partial charge < -0.3 is 4.42 Å². The molecule has 0 N–H and O–H groups in total. The van der Waals surface area contributed by atoms with Crippen LogP contribution in [0.15, 0.2) is 38.1 Å². The van der Waals surface area contributed by atoms with Gasteiger partial charge in [0.2, 0.25) is 5.43 Å². The van der Waals surface area contributed by atoms with Crippen LogP contribution in [0.4, 0.5) is 0 Å². The van der Waals surface area contributed by atoms with E-state index in [1.54, 1.807) is 24.3 Å². The molecular formula is C10H4BrNO2. The van der Waals surface area contributed by atoms with Crippen LogP contribution >= 0.6 is 15.9 Å². The molecule has 0 aliphatic rings. The van der Waals surface area contributed by atoms with E-state index in [-0.39, 0.29) is 11.0 Å². The third-order valence-electron chi connectivity index (χ3n) is 1.86. The summed E-state index contributed by atoms with van der Waals surface area (Å²) in [5.74, 6) is 0. The topological polar surface area (TPSA) is 54.0 Å². The lowest BCUT2D eigenvalue weighted by atomic mass is 10.2. The van der Waals surface area contributed by atoms with Crippen molar-refractivity contribution in [1.82, 2.24) is 0 Å². The molecule has 14 heavy (non-hydrogen) atoms. The van der Waals surface area contributed by atoms with Crippen LogP contribution in [0.25, 0.3) is 11.0 Å². The van der Waals surface area contributed by atoms with Gasteiger partial charge in [-0.1, -0.05) is 15.9 Å². The molecular weight excluding hydrogens is 246 g/mol. The summed E-state index contributed by atoms with van der Waals surface area (Å²) in [5, 5.41) is 9.04. The predicted octanol–water partition coefficient (Wildman–Crippen LogP) is 2.43. The van der Waals surface area contributed by atoms with Crippen molar-refractivity contribution >= 4 is 26.9 Å². The minimum absolute atomic E-state index is 0.0276. The van der Waals surface area contributed by atoms with Crippen molar-refractivity contribution in [1.29, 1.82) is 5.26 Å². The summed E-state index contributed by atoms with van der Waals surface area (Å²) in [6, 6.07) is 6.84. The molecule has 1 heterocycles. The van der Waals surface area contributed by atoms with Crippen LogP contribution < -0.4 is 5.43 Å². The van der Waals surface area contributed by atoms with E-state index < -0.39 is 0 Å². The fourth-order valence-corrected chi connectivity index (χ4v) is 1.52. The van der Waals surface area contributed by atoms with Gasteiger partial charge in [-0.2, -0.15) is 5.26 Å². The average Bonchev–Trinajstić information content (AvgIpc) is 2.18. The lowest BCUT2D eigenvalue weighted by molar-refractivity contribution is 0.600. The highest BCUT2D eigenvalue weighted by Crippen LogP contribution is 2.17. The van der Waals surface area contributed by atoms with Crippen LogP contribution in [0.2, 0.25) is 0 Å². The molecule has 3 nitrogen and oxygen atoms in total. The molecule has 0 saturated heterocycles. The zero-order chi connectivity index (χ0) is 10.1. The Bertz CT molecular complexity index is 595. The van der Waals surface area contributed by atoms with Crippen molar-refractivity contribution in [2.45, 2.75) is 0 Å². The van der Waals surface area contributed by atoms with E-state index in [2.05, 4.69) is 15.9 Å². The highest BCUT2D eigenvalue weighted by molar-refractivity contribution is 9.10. The van der Waals surface area contributed by atoms with Crippen molar-refractivity contribution < 1.29 is 4.42 Å². The number of nitriles is 1. The molecule has 1 aromatic carbocycles. The first-order valence-electron chi connectivity index (χ1n) is 3.83. The van der Waals surface area contributed by atoms with Crippen LogP contribution in [0.1, 0.15) is 5.56 Å². The van der Waals surface area contributed by atoms with Gasteiger partial charge in [0.25, 0.3) is 0 Å². The summed E-state index contributed by atoms with van der Waals surface area (Å²) in [7, 11) is 0. The van der Waals surface area contributed by atoms with Gasteiger partial charge in [-0.3, -0.25) is 4.79 Å². The second-order valence-electron chi connectivity index (χ2n) is 2.73. The highest BCUT2D eigenvalue weighted by Gasteiger charge is 2.05.